The number of hydrogen-bond donors (Lipinski definition) is 3. The normalized spacial score (nSPS) is 11.1. The maximum atomic E-state index is 5.63. The molecule has 3 aromatic heterocycles. The van der Waals surface area contributed by atoms with Gasteiger partial charge in [-0.3, -0.25) is 0 Å². The molecule has 0 bridgehead atoms. The summed E-state index contributed by atoms with van der Waals surface area (Å²) in [7, 11) is 1.71. The van der Waals surface area contributed by atoms with Crippen LogP contribution in [0.3, 0.4) is 0 Å². The van der Waals surface area contributed by atoms with E-state index in [-0.39, 0.29) is 11.9 Å². The molecule has 3 rings (SSSR count). The molecule has 0 aromatic carbocycles. The zero-order valence-corrected chi connectivity index (χ0v) is 10.3. The summed E-state index contributed by atoms with van der Waals surface area (Å²) in [4.78, 5) is 25.0. The summed E-state index contributed by atoms with van der Waals surface area (Å²) in [6.07, 6.45) is 0. The SMILES string of the molecule is CNc1nc(N)nc2nc3c(C)nc(N)nc3nc12. The van der Waals surface area contributed by atoms with E-state index in [0.717, 1.165) is 0 Å². The largest absolute Gasteiger partial charge is 0.371 e. The summed E-state index contributed by atoms with van der Waals surface area (Å²) in [6.45, 7) is 1.78. The van der Waals surface area contributed by atoms with Gasteiger partial charge in [-0.15, -0.1) is 0 Å². The molecular weight excluding hydrogens is 246 g/mol. The second kappa shape index (κ2) is 3.83. The lowest BCUT2D eigenvalue weighted by Crippen LogP contribution is -2.06. The first kappa shape index (κ1) is 11.3. The number of nitrogens with one attached hydrogen (secondary N) is 1. The van der Waals surface area contributed by atoms with Crippen molar-refractivity contribution >= 4 is 40.0 Å². The van der Waals surface area contributed by atoms with Crippen LogP contribution in [0.2, 0.25) is 0 Å². The lowest BCUT2D eigenvalue weighted by molar-refractivity contribution is 1.11. The molecule has 0 atom stereocenters. The van der Waals surface area contributed by atoms with Crippen molar-refractivity contribution in [3.8, 4) is 0 Å². The molecule has 0 fully saturated rings. The van der Waals surface area contributed by atoms with E-state index in [4.69, 9.17) is 11.5 Å². The van der Waals surface area contributed by atoms with Gasteiger partial charge in [-0.2, -0.15) is 15.0 Å². The molecule has 0 unspecified atom stereocenters. The maximum absolute atomic E-state index is 5.63. The van der Waals surface area contributed by atoms with Crippen molar-refractivity contribution in [1.82, 2.24) is 29.9 Å². The van der Waals surface area contributed by atoms with Gasteiger partial charge in [0.25, 0.3) is 0 Å². The van der Waals surface area contributed by atoms with Gasteiger partial charge in [-0.05, 0) is 6.92 Å². The molecule has 3 aromatic rings. The molecule has 3 heterocycles. The third-order valence-electron chi connectivity index (χ3n) is 2.61. The van der Waals surface area contributed by atoms with Gasteiger partial charge in [-0.25, -0.2) is 15.0 Å². The Balaban J connectivity index is 2.48. The number of aromatic nitrogens is 6. The van der Waals surface area contributed by atoms with Gasteiger partial charge in [0.1, 0.15) is 5.52 Å². The Hall–Kier alpha value is -2.84. The number of anilines is 3. The van der Waals surface area contributed by atoms with Crippen LogP contribution >= 0.6 is 0 Å². The molecule has 0 aliphatic carbocycles. The number of nitrogen functional groups attached to an aromatic ring is 2. The lowest BCUT2D eigenvalue weighted by Gasteiger charge is -2.06. The van der Waals surface area contributed by atoms with Crippen LogP contribution in [0.25, 0.3) is 22.3 Å². The molecule has 0 saturated carbocycles. The second-order valence-corrected chi connectivity index (χ2v) is 3.92. The van der Waals surface area contributed by atoms with Crippen molar-refractivity contribution in [2.45, 2.75) is 6.92 Å². The minimum Gasteiger partial charge on any atom is -0.371 e. The van der Waals surface area contributed by atoms with Gasteiger partial charge < -0.3 is 16.8 Å². The molecule has 0 aliphatic rings. The van der Waals surface area contributed by atoms with E-state index in [2.05, 4.69) is 35.2 Å². The van der Waals surface area contributed by atoms with E-state index >= 15 is 0 Å². The van der Waals surface area contributed by atoms with Crippen molar-refractivity contribution in [3.05, 3.63) is 5.69 Å². The Morgan fingerprint density at radius 3 is 2.05 bits per heavy atom. The zero-order valence-electron chi connectivity index (χ0n) is 10.3. The van der Waals surface area contributed by atoms with Crippen LogP contribution in [0.4, 0.5) is 17.7 Å². The highest BCUT2D eigenvalue weighted by Gasteiger charge is 2.12. The Morgan fingerprint density at radius 2 is 1.37 bits per heavy atom. The highest BCUT2D eigenvalue weighted by atomic mass is 15.1. The minimum atomic E-state index is 0.125. The van der Waals surface area contributed by atoms with Gasteiger partial charge in [0.2, 0.25) is 11.9 Å². The van der Waals surface area contributed by atoms with Gasteiger partial charge in [0, 0.05) is 7.05 Å². The monoisotopic (exact) mass is 257 g/mol. The smallest absolute Gasteiger partial charge is 0.224 e. The van der Waals surface area contributed by atoms with Crippen LogP contribution in [0.1, 0.15) is 5.69 Å². The van der Waals surface area contributed by atoms with Crippen LogP contribution in [0, 0.1) is 6.92 Å². The minimum absolute atomic E-state index is 0.125. The molecule has 9 nitrogen and oxygen atoms in total. The molecule has 0 aliphatic heterocycles. The van der Waals surface area contributed by atoms with Gasteiger partial charge in [0.15, 0.2) is 22.6 Å². The van der Waals surface area contributed by atoms with Crippen molar-refractivity contribution < 1.29 is 0 Å². The average Bonchev–Trinajstić information content (AvgIpc) is 2.36. The molecule has 0 radical (unpaired) electrons. The third kappa shape index (κ3) is 1.71. The van der Waals surface area contributed by atoms with Crippen molar-refractivity contribution in [1.29, 1.82) is 0 Å². The van der Waals surface area contributed by atoms with Crippen LogP contribution in [0.15, 0.2) is 0 Å². The Bertz CT molecular complexity index is 798. The maximum Gasteiger partial charge on any atom is 0.224 e. The molecule has 5 N–H and O–H groups in total. The Kier molecular flexibility index (Phi) is 2.27. The molecule has 19 heavy (non-hydrogen) atoms. The van der Waals surface area contributed by atoms with E-state index in [9.17, 15) is 0 Å². The van der Waals surface area contributed by atoms with E-state index in [1.807, 2.05) is 0 Å². The number of nitrogens with two attached hydrogens (primary N) is 2. The number of nitrogens with zero attached hydrogens (tertiary/aromatic N) is 6. The van der Waals surface area contributed by atoms with E-state index in [1.165, 1.54) is 0 Å². The molecule has 0 saturated heterocycles. The molecular formula is C10H11N9. The van der Waals surface area contributed by atoms with Crippen molar-refractivity contribution in [2.75, 3.05) is 23.8 Å². The summed E-state index contributed by atoms with van der Waals surface area (Å²) in [6, 6.07) is 0. The summed E-state index contributed by atoms with van der Waals surface area (Å²) in [5, 5.41) is 2.90. The number of aryl methyl sites for hydroxylation is 1. The summed E-state index contributed by atoms with van der Waals surface area (Å²) < 4.78 is 0. The van der Waals surface area contributed by atoms with Crippen LogP contribution < -0.4 is 16.8 Å². The van der Waals surface area contributed by atoms with E-state index in [1.54, 1.807) is 14.0 Å². The van der Waals surface area contributed by atoms with E-state index < -0.39 is 0 Å². The predicted octanol–water partition coefficient (Wildman–Crippen LogP) is -0.122. The van der Waals surface area contributed by atoms with Gasteiger partial charge in [0.05, 0.1) is 5.69 Å². The average molecular weight is 257 g/mol. The second-order valence-electron chi connectivity index (χ2n) is 3.92. The summed E-state index contributed by atoms with van der Waals surface area (Å²) in [5.74, 6) is 0.771. The Morgan fingerprint density at radius 1 is 0.789 bits per heavy atom. The zero-order chi connectivity index (χ0) is 13.6. The number of hydrogen-bond acceptors (Lipinski definition) is 9. The third-order valence-corrected chi connectivity index (χ3v) is 2.61. The highest BCUT2D eigenvalue weighted by Crippen LogP contribution is 2.21. The lowest BCUT2D eigenvalue weighted by atomic mass is 10.3. The fourth-order valence-electron chi connectivity index (χ4n) is 1.81. The fourth-order valence-corrected chi connectivity index (χ4v) is 1.81. The molecule has 96 valence electrons. The van der Waals surface area contributed by atoms with Crippen molar-refractivity contribution in [3.63, 3.8) is 0 Å². The summed E-state index contributed by atoms with van der Waals surface area (Å²) >= 11 is 0. The molecule has 0 amide bonds. The number of rotatable bonds is 1. The number of fused-ring (bicyclic) bond motifs is 2. The quantitative estimate of drug-likeness (QED) is 0.508. The first-order chi connectivity index (χ1) is 9.08. The summed E-state index contributed by atoms with van der Waals surface area (Å²) in [5.41, 5.74) is 13.7. The standard InChI is InChI=1S/C10H11N9/c1-3-4-7(18-9(11)14-3)16-5-6(13-2)17-10(12)19-8(5)15-4/h1-2H3,(H2,11,14,16,18)(H3,12,13,15,17,19). The molecule has 0 spiro atoms. The first-order valence-corrected chi connectivity index (χ1v) is 5.51. The van der Waals surface area contributed by atoms with Crippen LogP contribution in [0.5, 0.6) is 0 Å². The van der Waals surface area contributed by atoms with Crippen LogP contribution in [-0.4, -0.2) is 37.0 Å². The topological polar surface area (TPSA) is 141 Å². The van der Waals surface area contributed by atoms with Gasteiger partial charge in [-0.1, -0.05) is 0 Å². The predicted molar refractivity (Wildman–Crippen MR) is 71.3 cm³/mol. The van der Waals surface area contributed by atoms with Crippen LogP contribution in [-0.2, 0) is 0 Å². The van der Waals surface area contributed by atoms with Gasteiger partial charge >= 0.3 is 0 Å². The van der Waals surface area contributed by atoms with Crippen molar-refractivity contribution in [2.24, 2.45) is 0 Å². The first-order valence-electron chi connectivity index (χ1n) is 5.51. The highest BCUT2D eigenvalue weighted by molar-refractivity contribution is 5.90. The Labute approximate surface area is 107 Å². The van der Waals surface area contributed by atoms with E-state index in [0.29, 0.717) is 33.8 Å². The molecule has 9 heteroatoms. The fraction of sp³-hybridized carbons (Fsp3) is 0.200.